The Labute approximate surface area is 190 Å². The molecule has 174 valence electrons. The lowest BCUT2D eigenvalue weighted by atomic mass is 9.78. The summed E-state index contributed by atoms with van der Waals surface area (Å²) in [6.45, 7) is 6.08. The van der Waals surface area contributed by atoms with Crippen molar-refractivity contribution in [1.82, 2.24) is 5.32 Å². The van der Waals surface area contributed by atoms with Gasteiger partial charge >= 0.3 is 6.09 Å². The Hall–Kier alpha value is -2.70. The van der Waals surface area contributed by atoms with Crippen LogP contribution in [0.1, 0.15) is 46.5 Å². The van der Waals surface area contributed by atoms with Crippen molar-refractivity contribution in [3.05, 3.63) is 47.0 Å². The zero-order valence-corrected chi connectivity index (χ0v) is 19.6. The van der Waals surface area contributed by atoms with E-state index in [-0.39, 0.29) is 23.9 Å². The van der Waals surface area contributed by atoms with Crippen LogP contribution in [0.2, 0.25) is 0 Å². The minimum atomic E-state index is -0.575. The molecule has 0 aromatic rings. The third-order valence-electron chi connectivity index (χ3n) is 6.16. The second kappa shape index (κ2) is 9.04. The largest absolute Gasteiger partial charge is 0.501 e. The first-order valence-electron chi connectivity index (χ1n) is 11.3. The maximum absolute atomic E-state index is 12.6. The van der Waals surface area contributed by atoms with Crippen molar-refractivity contribution >= 4 is 12.0 Å². The number of aliphatic imine (C=N–C) groups is 1. The van der Waals surface area contributed by atoms with Gasteiger partial charge in [0.25, 0.3) is 0 Å². The van der Waals surface area contributed by atoms with E-state index in [1.165, 1.54) is 11.1 Å². The van der Waals surface area contributed by atoms with Crippen LogP contribution >= 0.6 is 0 Å². The highest BCUT2D eigenvalue weighted by Gasteiger charge is 2.35. The molecular formula is C25H34N2O5. The minimum absolute atomic E-state index is 0.0445. The number of methoxy groups -OCH3 is 2. The van der Waals surface area contributed by atoms with Crippen molar-refractivity contribution in [1.29, 1.82) is 0 Å². The maximum atomic E-state index is 12.6. The van der Waals surface area contributed by atoms with Gasteiger partial charge in [0.1, 0.15) is 18.2 Å². The number of carbonyl (C=O) groups is 1. The lowest BCUT2D eigenvalue weighted by Crippen LogP contribution is -2.44. The molecule has 0 unspecified atom stereocenters. The molecule has 0 spiro atoms. The fourth-order valence-electron chi connectivity index (χ4n) is 4.79. The predicted molar refractivity (Wildman–Crippen MR) is 122 cm³/mol. The molecule has 0 saturated carbocycles. The lowest BCUT2D eigenvalue weighted by Gasteiger charge is -2.32. The molecule has 1 N–H and O–H groups in total. The number of amides is 1. The Balaban J connectivity index is 1.67. The topological polar surface area (TPSA) is 78.4 Å². The number of rotatable bonds is 3. The first-order chi connectivity index (χ1) is 15.3. The number of alkyl carbamates (subject to hydrolysis) is 1. The Kier molecular flexibility index (Phi) is 6.35. The summed E-state index contributed by atoms with van der Waals surface area (Å²) in [4.78, 5) is 17.4. The molecule has 0 saturated heterocycles. The number of nitrogens with one attached hydrogen (secondary N) is 1. The van der Waals surface area contributed by atoms with Crippen LogP contribution in [-0.4, -0.2) is 50.5 Å². The van der Waals surface area contributed by atoms with Gasteiger partial charge < -0.3 is 24.3 Å². The summed E-state index contributed by atoms with van der Waals surface area (Å²) in [5, 5.41) is 2.99. The van der Waals surface area contributed by atoms with E-state index in [1.807, 2.05) is 20.8 Å². The Morgan fingerprint density at radius 3 is 2.19 bits per heavy atom. The van der Waals surface area contributed by atoms with Gasteiger partial charge in [-0.2, -0.15) is 0 Å². The first kappa shape index (κ1) is 22.5. The third-order valence-corrected chi connectivity index (χ3v) is 6.16. The van der Waals surface area contributed by atoms with Crippen LogP contribution in [-0.2, 0) is 18.9 Å². The quantitative estimate of drug-likeness (QED) is 0.655. The Bertz CT molecular complexity index is 906. The average Bonchev–Trinajstić information content (AvgIpc) is 3.19. The molecule has 0 aromatic carbocycles. The van der Waals surface area contributed by atoms with E-state index in [4.69, 9.17) is 23.9 Å². The van der Waals surface area contributed by atoms with Crippen molar-refractivity contribution in [3.8, 4) is 0 Å². The van der Waals surface area contributed by atoms with Crippen LogP contribution in [0.3, 0.4) is 0 Å². The van der Waals surface area contributed by atoms with Gasteiger partial charge in [-0.05, 0) is 58.6 Å². The monoisotopic (exact) mass is 442 g/mol. The molecule has 4 atom stereocenters. The molecule has 6 bridgehead atoms. The molecule has 1 amide bonds. The number of fused-ring (bicyclic) bond motifs is 4. The van der Waals surface area contributed by atoms with Gasteiger partial charge in [-0.15, -0.1) is 0 Å². The predicted octanol–water partition coefficient (Wildman–Crippen LogP) is 4.42. The van der Waals surface area contributed by atoms with E-state index < -0.39 is 11.7 Å². The van der Waals surface area contributed by atoms with E-state index in [0.29, 0.717) is 18.9 Å². The molecule has 7 nitrogen and oxygen atoms in total. The van der Waals surface area contributed by atoms with E-state index >= 15 is 0 Å². The molecular weight excluding hydrogens is 408 g/mol. The smallest absolute Gasteiger partial charge is 0.408 e. The number of carbonyl (C=O) groups excluding carboxylic acids is 1. The summed E-state index contributed by atoms with van der Waals surface area (Å²) in [5.74, 6) is 2.62. The van der Waals surface area contributed by atoms with Crippen molar-refractivity contribution in [2.24, 2.45) is 16.8 Å². The fraction of sp³-hybridized carbons (Fsp3) is 0.600. The van der Waals surface area contributed by atoms with Crippen molar-refractivity contribution in [3.63, 3.8) is 0 Å². The van der Waals surface area contributed by atoms with E-state index in [2.05, 4.69) is 29.6 Å². The molecule has 7 heteroatoms. The van der Waals surface area contributed by atoms with E-state index in [9.17, 15) is 4.79 Å². The van der Waals surface area contributed by atoms with Crippen molar-refractivity contribution < 1.29 is 23.7 Å². The second-order valence-corrected chi connectivity index (χ2v) is 9.77. The minimum Gasteiger partial charge on any atom is -0.501 e. The molecule has 2 heterocycles. The van der Waals surface area contributed by atoms with E-state index in [1.54, 1.807) is 14.2 Å². The van der Waals surface area contributed by atoms with Gasteiger partial charge in [0.05, 0.1) is 31.8 Å². The zero-order chi connectivity index (χ0) is 22.9. The van der Waals surface area contributed by atoms with Crippen LogP contribution < -0.4 is 5.32 Å². The van der Waals surface area contributed by atoms with Crippen molar-refractivity contribution in [2.45, 2.75) is 64.1 Å². The third kappa shape index (κ3) is 5.03. The molecule has 4 aliphatic rings. The Morgan fingerprint density at radius 1 is 1.03 bits per heavy atom. The zero-order valence-electron chi connectivity index (χ0n) is 19.6. The van der Waals surface area contributed by atoms with Gasteiger partial charge in [0, 0.05) is 11.8 Å². The maximum Gasteiger partial charge on any atom is 0.408 e. The fourth-order valence-corrected chi connectivity index (χ4v) is 4.79. The first-order valence-corrected chi connectivity index (χ1v) is 11.3. The number of hydrogen-bond acceptors (Lipinski definition) is 6. The summed E-state index contributed by atoms with van der Waals surface area (Å²) >= 11 is 0. The lowest BCUT2D eigenvalue weighted by molar-refractivity contribution is 0.0513. The molecule has 0 fully saturated rings. The summed E-state index contributed by atoms with van der Waals surface area (Å²) < 4.78 is 23.0. The normalized spacial score (nSPS) is 29.5. The van der Waals surface area contributed by atoms with Gasteiger partial charge in [-0.25, -0.2) is 9.79 Å². The van der Waals surface area contributed by atoms with Gasteiger partial charge in [0.15, 0.2) is 0 Å². The summed E-state index contributed by atoms with van der Waals surface area (Å²) in [6, 6.07) is -0.326. The van der Waals surface area contributed by atoms with Crippen LogP contribution in [0.25, 0.3) is 0 Å². The summed E-state index contributed by atoms with van der Waals surface area (Å²) in [7, 11) is 3.45. The second-order valence-electron chi connectivity index (χ2n) is 9.77. The molecule has 0 radical (unpaired) electrons. The molecule has 4 rings (SSSR count). The standard InChI is InChI=1S/C25H34N2O5/c1-25(2,3)32-24(28)27-20-13-16-7-9-22(30-5)19(12-16)18-11-15(6-8-21(18)29-4)10-17-14-31-23(20)26-17/h8-9,11-12,17-20H,6-7,10,13-14H2,1-5H3,(H,27,28)/t17-,18+,19+,20-/m0/s1. The summed E-state index contributed by atoms with van der Waals surface area (Å²) in [5.41, 5.74) is 1.94. The van der Waals surface area contributed by atoms with Crippen LogP contribution in [0.15, 0.2) is 52.0 Å². The summed E-state index contributed by atoms with van der Waals surface area (Å²) in [6.07, 6.45) is 11.4. The molecule has 0 aromatic heterocycles. The van der Waals surface area contributed by atoms with Gasteiger partial charge in [0.2, 0.25) is 5.90 Å². The molecule has 2 aliphatic carbocycles. The van der Waals surface area contributed by atoms with Gasteiger partial charge in [-0.1, -0.05) is 23.3 Å². The highest BCUT2D eigenvalue weighted by Crippen LogP contribution is 2.40. The number of allylic oxidation sites excluding steroid dienone is 4. The number of ether oxygens (including phenoxy) is 4. The van der Waals surface area contributed by atoms with Crippen molar-refractivity contribution in [2.75, 3.05) is 20.8 Å². The van der Waals surface area contributed by atoms with Crippen LogP contribution in [0.5, 0.6) is 0 Å². The van der Waals surface area contributed by atoms with Crippen LogP contribution in [0.4, 0.5) is 4.79 Å². The highest BCUT2D eigenvalue weighted by molar-refractivity contribution is 5.87. The SMILES string of the molecule is COC1=CCC2=C[C@@H]1[C@H]1C=C(CC=C1OC)C[C@H](NC(=O)OC(C)(C)C)C1=N[C@H](CO1)C2. The average molecular weight is 443 g/mol. The highest BCUT2D eigenvalue weighted by atomic mass is 16.6. The van der Waals surface area contributed by atoms with Gasteiger partial charge in [-0.3, -0.25) is 0 Å². The Morgan fingerprint density at radius 2 is 1.62 bits per heavy atom. The van der Waals surface area contributed by atoms with E-state index in [0.717, 1.165) is 30.8 Å². The number of hydrogen-bond donors (Lipinski definition) is 1. The molecule has 32 heavy (non-hydrogen) atoms. The number of nitrogens with zero attached hydrogens (tertiary/aromatic N) is 1. The van der Waals surface area contributed by atoms with Crippen LogP contribution in [0, 0.1) is 11.8 Å². The molecule has 2 aliphatic heterocycles.